The zero-order valence-electron chi connectivity index (χ0n) is 17.4. The molecule has 2 N–H and O–H groups in total. The minimum absolute atomic E-state index is 0.0242. The number of rotatable bonds is 9. The highest BCUT2D eigenvalue weighted by Crippen LogP contribution is 2.29. The van der Waals surface area contributed by atoms with Crippen molar-refractivity contribution in [1.82, 2.24) is 5.43 Å². The van der Waals surface area contributed by atoms with Crippen molar-refractivity contribution in [3.8, 4) is 17.2 Å². The number of methoxy groups -OCH3 is 3. The number of carbonyl (C=O) groups excluding carboxylic acids is 2. The number of benzene rings is 2. The number of nitrogens with one attached hydrogen (secondary N) is 2. The normalized spacial score (nSPS) is 10.8. The van der Waals surface area contributed by atoms with Crippen molar-refractivity contribution >= 4 is 28.9 Å². The topological polar surface area (TPSA) is 141 Å². The van der Waals surface area contributed by atoms with Gasteiger partial charge >= 0.3 is 0 Å². The minimum Gasteiger partial charge on any atom is -0.497 e. The fourth-order valence-electron chi connectivity index (χ4n) is 2.51. The van der Waals surface area contributed by atoms with E-state index in [9.17, 15) is 19.7 Å². The van der Waals surface area contributed by atoms with Crippen LogP contribution in [0.2, 0.25) is 0 Å². The monoisotopic (exact) mass is 430 g/mol. The predicted octanol–water partition coefficient (Wildman–Crippen LogP) is 2.76. The summed E-state index contributed by atoms with van der Waals surface area (Å²) in [7, 11) is 4.31. The number of anilines is 1. The number of nitro groups is 1. The van der Waals surface area contributed by atoms with Crippen molar-refractivity contribution in [3.63, 3.8) is 0 Å². The summed E-state index contributed by atoms with van der Waals surface area (Å²) < 4.78 is 15.2. The van der Waals surface area contributed by atoms with Crippen LogP contribution in [-0.2, 0) is 4.79 Å². The van der Waals surface area contributed by atoms with Crippen molar-refractivity contribution in [2.75, 3.05) is 26.6 Å². The molecule has 0 unspecified atom stereocenters. The first-order valence-electron chi connectivity index (χ1n) is 8.96. The van der Waals surface area contributed by atoms with Gasteiger partial charge in [-0.3, -0.25) is 19.7 Å². The summed E-state index contributed by atoms with van der Waals surface area (Å²) in [5.74, 6) is 0.102. The zero-order chi connectivity index (χ0) is 23.0. The van der Waals surface area contributed by atoms with Crippen molar-refractivity contribution in [2.24, 2.45) is 5.10 Å². The van der Waals surface area contributed by atoms with Crippen LogP contribution in [0.5, 0.6) is 17.2 Å². The molecule has 0 aliphatic heterocycles. The first-order valence-corrected chi connectivity index (χ1v) is 8.96. The molecule has 0 spiro atoms. The van der Waals surface area contributed by atoms with Gasteiger partial charge in [0.2, 0.25) is 5.91 Å². The van der Waals surface area contributed by atoms with Crippen molar-refractivity contribution < 1.29 is 28.7 Å². The number of hydrogen-bond acceptors (Lipinski definition) is 8. The molecule has 0 bridgehead atoms. The maximum atomic E-state index is 12.3. The fraction of sp³-hybridized carbons (Fsp3) is 0.250. The summed E-state index contributed by atoms with van der Waals surface area (Å²) >= 11 is 0. The lowest BCUT2D eigenvalue weighted by Gasteiger charge is -2.09. The molecule has 2 aromatic rings. The van der Waals surface area contributed by atoms with Crippen LogP contribution in [0.3, 0.4) is 0 Å². The maximum absolute atomic E-state index is 12.3. The van der Waals surface area contributed by atoms with Gasteiger partial charge in [0.1, 0.15) is 22.9 Å². The highest BCUT2D eigenvalue weighted by atomic mass is 16.6. The van der Waals surface area contributed by atoms with E-state index in [0.717, 1.165) is 0 Å². The van der Waals surface area contributed by atoms with Crippen molar-refractivity contribution in [1.29, 1.82) is 0 Å². The summed E-state index contributed by atoms with van der Waals surface area (Å²) in [5, 5.41) is 17.6. The quantitative estimate of drug-likeness (QED) is 0.354. The molecule has 0 heterocycles. The predicted molar refractivity (Wildman–Crippen MR) is 113 cm³/mol. The molecule has 0 saturated carbocycles. The van der Waals surface area contributed by atoms with Crippen LogP contribution in [0.25, 0.3) is 0 Å². The first-order chi connectivity index (χ1) is 14.8. The Labute approximate surface area is 178 Å². The molecule has 0 atom stereocenters. The van der Waals surface area contributed by atoms with Gasteiger partial charge in [0, 0.05) is 17.3 Å². The lowest BCUT2D eigenvalue weighted by Crippen LogP contribution is -2.21. The second kappa shape index (κ2) is 10.6. The average Bonchev–Trinajstić information content (AvgIpc) is 2.76. The number of hydrogen-bond donors (Lipinski definition) is 2. The van der Waals surface area contributed by atoms with Crippen LogP contribution in [0.1, 0.15) is 23.7 Å². The van der Waals surface area contributed by atoms with E-state index in [1.165, 1.54) is 58.6 Å². The third kappa shape index (κ3) is 6.42. The lowest BCUT2D eigenvalue weighted by atomic mass is 10.2. The van der Waals surface area contributed by atoms with Gasteiger partial charge in [-0.15, -0.1) is 0 Å². The van der Waals surface area contributed by atoms with Crippen LogP contribution in [0.15, 0.2) is 41.5 Å². The Hall–Kier alpha value is -4.15. The highest BCUT2D eigenvalue weighted by Gasteiger charge is 2.18. The van der Waals surface area contributed by atoms with E-state index in [1.54, 1.807) is 6.07 Å². The molecule has 0 saturated heterocycles. The fourth-order valence-corrected chi connectivity index (χ4v) is 2.51. The number of carbonyl (C=O) groups is 2. The van der Waals surface area contributed by atoms with Crippen LogP contribution < -0.4 is 25.0 Å². The standard InChI is InChI=1S/C20H22N4O7/c1-12(22-23-20(26)13-8-15(30-3)10-16(9-13)31-4)7-19(25)21-17-6-5-14(29-2)11-18(17)24(27)28/h5-6,8-11H,7H2,1-4H3,(H,21,25)(H,23,26)/b22-12+. The second-order valence-corrected chi connectivity index (χ2v) is 6.25. The summed E-state index contributed by atoms with van der Waals surface area (Å²) in [5.41, 5.74) is 2.61. The van der Waals surface area contributed by atoms with E-state index in [1.807, 2.05) is 0 Å². The van der Waals surface area contributed by atoms with Gasteiger partial charge < -0.3 is 19.5 Å². The molecule has 11 nitrogen and oxygen atoms in total. The van der Waals surface area contributed by atoms with Gasteiger partial charge in [-0.2, -0.15) is 5.10 Å². The Bertz CT molecular complexity index is 998. The Kier molecular flexibility index (Phi) is 7.89. The summed E-state index contributed by atoms with van der Waals surface area (Å²) in [6.45, 7) is 1.54. The maximum Gasteiger partial charge on any atom is 0.296 e. The van der Waals surface area contributed by atoms with Gasteiger partial charge in [-0.25, -0.2) is 5.43 Å². The summed E-state index contributed by atoms with van der Waals surface area (Å²) in [6.07, 6.45) is -0.190. The molecule has 0 aliphatic carbocycles. The van der Waals surface area contributed by atoms with Gasteiger partial charge in [-0.05, 0) is 31.2 Å². The number of amides is 2. The number of nitro benzene ring substituents is 1. The van der Waals surface area contributed by atoms with Crippen molar-refractivity contribution in [2.45, 2.75) is 13.3 Å². The number of hydrazone groups is 1. The largest absolute Gasteiger partial charge is 0.497 e. The van der Waals surface area contributed by atoms with E-state index in [0.29, 0.717) is 17.2 Å². The molecule has 2 aromatic carbocycles. The van der Waals surface area contributed by atoms with Gasteiger partial charge in [0.25, 0.3) is 11.6 Å². The van der Waals surface area contributed by atoms with Gasteiger partial charge in [-0.1, -0.05) is 0 Å². The molecule has 2 rings (SSSR count). The lowest BCUT2D eigenvalue weighted by molar-refractivity contribution is -0.384. The first kappa shape index (κ1) is 23.1. The molecular weight excluding hydrogens is 408 g/mol. The van der Waals surface area contributed by atoms with Gasteiger partial charge in [0.15, 0.2) is 0 Å². The minimum atomic E-state index is -0.623. The third-order valence-electron chi connectivity index (χ3n) is 4.05. The molecule has 11 heteroatoms. The summed E-state index contributed by atoms with van der Waals surface area (Å²) in [4.78, 5) is 35.2. The molecule has 0 aliphatic rings. The second-order valence-electron chi connectivity index (χ2n) is 6.25. The van der Waals surface area contributed by atoms with E-state index >= 15 is 0 Å². The van der Waals surface area contributed by atoms with E-state index < -0.39 is 16.7 Å². The molecule has 2 amide bonds. The van der Waals surface area contributed by atoms with Crippen molar-refractivity contribution in [3.05, 3.63) is 52.1 Å². The third-order valence-corrected chi connectivity index (χ3v) is 4.05. The smallest absolute Gasteiger partial charge is 0.296 e. The van der Waals surface area contributed by atoms with Crippen LogP contribution in [-0.4, -0.2) is 43.8 Å². The molecule has 164 valence electrons. The molecular formula is C20H22N4O7. The molecule has 0 radical (unpaired) electrons. The van der Waals surface area contributed by atoms with Gasteiger partial charge in [0.05, 0.1) is 38.7 Å². The Morgan fingerprint density at radius 1 is 1.00 bits per heavy atom. The molecule has 31 heavy (non-hydrogen) atoms. The van der Waals surface area contributed by atoms with E-state index in [4.69, 9.17) is 14.2 Å². The molecule has 0 aromatic heterocycles. The highest BCUT2D eigenvalue weighted by molar-refractivity contribution is 6.06. The average molecular weight is 430 g/mol. The van der Waals surface area contributed by atoms with Crippen LogP contribution in [0, 0.1) is 10.1 Å². The molecule has 0 fully saturated rings. The number of nitrogens with zero attached hydrogens (tertiary/aromatic N) is 2. The van der Waals surface area contributed by atoms with E-state index in [2.05, 4.69) is 15.8 Å². The summed E-state index contributed by atoms with van der Waals surface area (Å²) in [6, 6.07) is 8.72. The Morgan fingerprint density at radius 2 is 1.61 bits per heavy atom. The SMILES string of the molecule is COc1cc(OC)cc(C(=O)N/N=C(\C)CC(=O)Nc2ccc(OC)cc2[N+](=O)[O-])c1. The Morgan fingerprint density at radius 3 is 2.16 bits per heavy atom. The Balaban J connectivity index is 2.03. The van der Waals surface area contributed by atoms with E-state index in [-0.39, 0.29) is 29.1 Å². The zero-order valence-corrected chi connectivity index (χ0v) is 17.4. The van der Waals surface area contributed by atoms with Crippen LogP contribution in [0.4, 0.5) is 11.4 Å². The number of ether oxygens (including phenoxy) is 3. The van der Waals surface area contributed by atoms with Crippen LogP contribution >= 0.6 is 0 Å².